The van der Waals surface area contributed by atoms with Gasteiger partial charge in [-0.15, -0.1) is 0 Å². The van der Waals surface area contributed by atoms with E-state index in [-0.39, 0.29) is 60.6 Å². The van der Waals surface area contributed by atoms with Crippen LogP contribution in [-0.2, 0) is 30.7 Å². The number of ether oxygens (including phenoxy) is 3. The standard InChI is InChI=1S/C34H44F2N4O7S2/c1-20(2)17-40(49(43,44)26-7-8-28-31(16-26)48-33(38-28)37-25-5-6-25)18-30(41)29(14-21-12-23(35)15-24(36)13-21)39-34(42)46-11-9-22-19-47-32-27(22)4-3-10-45-32/h7-8,12-13,15-16,20,22,25,27,29-30,32,41H,3-6,9-11,14,17-19H2,1-2H3,(H,37,38)(H,39,42)/t22-,27-,29+,30-,32+/m1/s1. The molecule has 1 saturated carbocycles. The second-order valence-corrected chi connectivity index (χ2v) is 16.6. The molecule has 49 heavy (non-hydrogen) atoms. The molecule has 1 aliphatic carbocycles. The van der Waals surface area contributed by atoms with E-state index in [1.54, 1.807) is 12.1 Å². The van der Waals surface area contributed by atoms with E-state index in [0.717, 1.165) is 49.0 Å². The van der Waals surface area contributed by atoms with Crippen LogP contribution in [-0.4, -0.2) is 86.3 Å². The first-order valence-corrected chi connectivity index (χ1v) is 19.2. The predicted octanol–water partition coefficient (Wildman–Crippen LogP) is 5.28. The molecule has 11 nitrogen and oxygen atoms in total. The zero-order valence-electron chi connectivity index (χ0n) is 27.6. The van der Waals surface area contributed by atoms with Crippen LogP contribution in [0.1, 0.15) is 51.5 Å². The molecule has 2 aromatic carbocycles. The summed E-state index contributed by atoms with van der Waals surface area (Å²) in [6, 6.07) is 6.96. The topological polar surface area (TPSA) is 139 Å². The van der Waals surface area contributed by atoms with Crippen molar-refractivity contribution in [2.45, 2.75) is 81.7 Å². The lowest BCUT2D eigenvalue weighted by Gasteiger charge is -2.30. The maximum absolute atomic E-state index is 14.1. The van der Waals surface area contributed by atoms with Gasteiger partial charge in [0.05, 0.1) is 40.5 Å². The normalized spacial score (nSPS) is 22.3. The number of aliphatic hydroxyl groups is 1. The van der Waals surface area contributed by atoms with Crippen LogP contribution in [0.2, 0.25) is 0 Å². The molecule has 3 aliphatic rings. The van der Waals surface area contributed by atoms with Crippen molar-refractivity contribution in [3.05, 3.63) is 53.6 Å². The summed E-state index contributed by atoms with van der Waals surface area (Å²) in [4.78, 5) is 17.6. The van der Waals surface area contributed by atoms with Crippen LogP contribution in [0.25, 0.3) is 10.2 Å². The van der Waals surface area contributed by atoms with Crippen molar-refractivity contribution in [3.63, 3.8) is 0 Å². The highest BCUT2D eigenvalue weighted by molar-refractivity contribution is 7.89. The Labute approximate surface area is 289 Å². The summed E-state index contributed by atoms with van der Waals surface area (Å²) in [6.45, 7) is 4.68. The number of thiazole rings is 1. The van der Waals surface area contributed by atoms with E-state index < -0.39 is 39.9 Å². The molecule has 6 rings (SSSR count). The van der Waals surface area contributed by atoms with Crippen LogP contribution in [0.4, 0.5) is 18.7 Å². The quantitative estimate of drug-likeness (QED) is 0.191. The molecule has 0 bridgehead atoms. The molecule has 2 aliphatic heterocycles. The number of hydrogen-bond donors (Lipinski definition) is 3. The van der Waals surface area contributed by atoms with Gasteiger partial charge in [0.25, 0.3) is 0 Å². The number of nitrogens with zero attached hydrogens (tertiary/aromatic N) is 2. The number of alkyl carbamates (subject to hydrolysis) is 1. The van der Waals surface area contributed by atoms with E-state index in [2.05, 4.69) is 15.6 Å². The van der Waals surface area contributed by atoms with Gasteiger partial charge in [-0.2, -0.15) is 4.31 Å². The maximum atomic E-state index is 14.1. The molecular formula is C34H44F2N4O7S2. The number of aliphatic hydroxyl groups excluding tert-OH is 1. The number of fused-ring (bicyclic) bond motifs is 2. The minimum Gasteiger partial charge on any atom is -0.450 e. The van der Waals surface area contributed by atoms with Gasteiger partial charge in [0.1, 0.15) is 11.6 Å². The van der Waals surface area contributed by atoms with E-state index in [1.165, 1.54) is 21.7 Å². The Morgan fingerprint density at radius 3 is 2.63 bits per heavy atom. The van der Waals surface area contributed by atoms with Crippen molar-refractivity contribution >= 4 is 42.8 Å². The highest BCUT2D eigenvalue weighted by Crippen LogP contribution is 2.37. The number of sulfonamides is 1. The number of rotatable bonds is 15. The molecule has 5 atom stereocenters. The third-order valence-electron chi connectivity index (χ3n) is 9.12. The van der Waals surface area contributed by atoms with Crippen molar-refractivity contribution in [1.29, 1.82) is 0 Å². The Morgan fingerprint density at radius 2 is 1.90 bits per heavy atom. The second kappa shape index (κ2) is 15.5. The summed E-state index contributed by atoms with van der Waals surface area (Å²) in [7, 11) is -4.12. The maximum Gasteiger partial charge on any atom is 0.407 e. The Hall–Kier alpha value is -2.95. The number of carbonyl (C=O) groups is 1. The average Bonchev–Trinajstić information content (AvgIpc) is 3.61. The van der Waals surface area contributed by atoms with Crippen LogP contribution in [0, 0.1) is 29.4 Å². The summed E-state index contributed by atoms with van der Waals surface area (Å²) in [5.74, 6) is -1.31. The molecule has 3 N–H and O–H groups in total. The number of hydrogen-bond acceptors (Lipinski definition) is 10. The van der Waals surface area contributed by atoms with E-state index in [1.807, 2.05) is 13.8 Å². The fourth-order valence-corrected chi connectivity index (χ4v) is 9.21. The summed E-state index contributed by atoms with van der Waals surface area (Å²) >= 11 is 1.38. The molecule has 3 aromatic rings. The monoisotopic (exact) mass is 722 g/mol. The summed E-state index contributed by atoms with van der Waals surface area (Å²) < 4.78 is 75.1. The van der Waals surface area contributed by atoms with Gasteiger partial charge in [-0.3, -0.25) is 0 Å². The molecule has 0 spiro atoms. The van der Waals surface area contributed by atoms with Gasteiger partial charge >= 0.3 is 6.09 Å². The fraction of sp³-hybridized carbons (Fsp3) is 0.588. The number of nitrogens with one attached hydrogen (secondary N) is 2. The molecular weight excluding hydrogens is 679 g/mol. The van der Waals surface area contributed by atoms with Crippen LogP contribution < -0.4 is 10.6 Å². The number of benzene rings is 2. The molecule has 1 amide bonds. The summed E-state index contributed by atoms with van der Waals surface area (Å²) in [5, 5.41) is 18.2. The van der Waals surface area contributed by atoms with Crippen LogP contribution in [0.15, 0.2) is 41.3 Å². The van der Waals surface area contributed by atoms with Crippen LogP contribution in [0.3, 0.4) is 0 Å². The number of anilines is 1. The predicted molar refractivity (Wildman–Crippen MR) is 181 cm³/mol. The fourth-order valence-electron chi connectivity index (χ4n) is 6.50. The third-order valence-corrected chi connectivity index (χ3v) is 11.9. The highest BCUT2D eigenvalue weighted by Gasteiger charge is 2.39. The molecule has 268 valence electrons. The Balaban J connectivity index is 1.16. The zero-order chi connectivity index (χ0) is 34.7. The molecule has 0 unspecified atom stereocenters. The van der Waals surface area contributed by atoms with Crippen molar-refractivity contribution in [3.8, 4) is 0 Å². The van der Waals surface area contributed by atoms with Gasteiger partial charge in [-0.1, -0.05) is 25.2 Å². The molecule has 15 heteroatoms. The van der Waals surface area contributed by atoms with Crippen LogP contribution in [0.5, 0.6) is 0 Å². The molecule has 2 saturated heterocycles. The zero-order valence-corrected chi connectivity index (χ0v) is 29.3. The van der Waals surface area contributed by atoms with Gasteiger partial charge in [-0.05, 0) is 86.3 Å². The lowest BCUT2D eigenvalue weighted by atomic mass is 9.87. The Kier molecular flexibility index (Phi) is 11.4. The second-order valence-electron chi connectivity index (χ2n) is 13.6. The lowest BCUT2D eigenvalue weighted by molar-refractivity contribution is -0.151. The van der Waals surface area contributed by atoms with E-state index in [9.17, 15) is 27.1 Å². The van der Waals surface area contributed by atoms with E-state index in [4.69, 9.17) is 14.2 Å². The number of halogens is 2. The lowest BCUT2D eigenvalue weighted by Crippen LogP contribution is -2.51. The van der Waals surface area contributed by atoms with Gasteiger partial charge in [0.15, 0.2) is 11.4 Å². The van der Waals surface area contributed by atoms with Crippen LogP contribution >= 0.6 is 11.3 Å². The van der Waals surface area contributed by atoms with Gasteiger partial charge in [0, 0.05) is 37.7 Å². The number of carbonyl (C=O) groups excluding carboxylic acids is 1. The third kappa shape index (κ3) is 9.24. The van der Waals surface area contributed by atoms with E-state index >= 15 is 0 Å². The summed E-state index contributed by atoms with van der Waals surface area (Å²) in [5.41, 5.74) is 0.859. The van der Waals surface area contributed by atoms with Crippen molar-refractivity contribution in [1.82, 2.24) is 14.6 Å². The van der Waals surface area contributed by atoms with Crippen molar-refractivity contribution < 1.29 is 41.3 Å². The number of aromatic nitrogens is 1. The summed E-state index contributed by atoms with van der Waals surface area (Å²) in [6.07, 6.45) is 1.95. The Bertz CT molecular complexity index is 1700. The number of amides is 1. The first-order chi connectivity index (χ1) is 23.4. The smallest absolute Gasteiger partial charge is 0.407 e. The molecule has 3 heterocycles. The van der Waals surface area contributed by atoms with Gasteiger partial charge in [0.2, 0.25) is 10.0 Å². The first kappa shape index (κ1) is 35.9. The highest BCUT2D eigenvalue weighted by atomic mass is 32.2. The SMILES string of the molecule is CC(C)CN(C[C@@H](O)[C@H](Cc1cc(F)cc(F)c1)NC(=O)OCC[C@@H]1CO[C@@H]2OCCC[C@H]12)S(=O)(=O)c1ccc2nc(NC3CC3)sc2c1. The molecule has 3 fully saturated rings. The molecule has 1 aromatic heterocycles. The van der Waals surface area contributed by atoms with E-state index in [0.29, 0.717) is 35.9 Å². The van der Waals surface area contributed by atoms with Crippen molar-refractivity contribution in [2.75, 3.05) is 38.2 Å². The van der Waals surface area contributed by atoms with Gasteiger partial charge in [-0.25, -0.2) is 27.0 Å². The minimum absolute atomic E-state index is 0.0482. The molecule has 0 radical (unpaired) electrons. The van der Waals surface area contributed by atoms with Gasteiger partial charge < -0.3 is 30.0 Å². The first-order valence-electron chi connectivity index (χ1n) is 16.9. The average molecular weight is 723 g/mol. The van der Waals surface area contributed by atoms with Crippen molar-refractivity contribution in [2.24, 2.45) is 17.8 Å². The largest absolute Gasteiger partial charge is 0.450 e. The Morgan fingerprint density at radius 1 is 1.12 bits per heavy atom. The minimum atomic E-state index is -4.12.